The molecule has 17 heavy (non-hydrogen) atoms. The number of furan rings is 1. The third-order valence-corrected chi connectivity index (χ3v) is 3.00. The van der Waals surface area contributed by atoms with Crippen LogP contribution in [0.5, 0.6) is 0 Å². The third kappa shape index (κ3) is 5.54. The molecule has 0 aliphatic rings. The fourth-order valence-electron chi connectivity index (χ4n) is 1.81. The molecule has 0 aromatic carbocycles. The molecule has 0 fully saturated rings. The van der Waals surface area contributed by atoms with E-state index in [2.05, 4.69) is 12.2 Å². The molecule has 4 nitrogen and oxygen atoms in total. The summed E-state index contributed by atoms with van der Waals surface area (Å²) in [6, 6.07) is 1.85. The van der Waals surface area contributed by atoms with Crippen LogP contribution in [0.15, 0.2) is 23.0 Å². The van der Waals surface area contributed by atoms with Crippen molar-refractivity contribution >= 4 is 5.91 Å². The van der Waals surface area contributed by atoms with E-state index in [0.717, 1.165) is 24.8 Å². The molecule has 1 aromatic heterocycles. The van der Waals surface area contributed by atoms with Crippen molar-refractivity contribution < 1.29 is 9.21 Å². The van der Waals surface area contributed by atoms with Crippen LogP contribution in [0.3, 0.4) is 0 Å². The first-order valence-corrected chi connectivity index (χ1v) is 6.24. The number of nitrogens with two attached hydrogens (primary N) is 1. The molecule has 0 saturated heterocycles. The molecule has 0 bridgehead atoms. The molecule has 1 atom stereocenters. The molecule has 4 heteroatoms. The second-order valence-corrected chi connectivity index (χ2v) is 4.30. The van der Waals surface area contributed by atoms with E-state index in [0.29, 0.717) is 25.4 Å². The van der Waals surface area contributed by atoms with Crippen LogP contribution in [0.25, 0.3) is 0 Å². The number of carbonyl (C=O) groups excluding carboxylic acids is 1. The van der Waals surface area contributed by atoms with Crippen molar-refractivity contribution in [2.75, 3.05) is 6.54 Å². The smallest absolute Gasteiger partial charge is 0.220 e. The van der Waals surface area contributed by atoms with Gasteiger partial charge in [0.2, 0.25) is 5.91 Å². The molecular weight excluding hydrogens is 216 g/mol. The molecular formula is C13H22N2O2. The Bertz CT molecular complexity index is 309. The number of carbonyl (C=O) groups is 1. The van der Waals surface area contributed by atoms with Crippen LogP contribution in [0.1, 0.15) is 38.2 Å². The van der Waals surface area contributed by atoms with Crippen LogP contribution < -0.4 is 11.1 Å². The number of hydrogen-bond donors (Lipinski definition) is 2. The molecule has 0 aliphatic heterocycles. The van der Waals surface area contributed by atoms with Gasteiger partial charge < -0.3 is 15.5 Å². The summed E-state index contributed by atoms with van der Waals surface area (Å²) in [5.74, 6) is 0.668. The van der Waals surface area contributed by atoms with Crippen molar-refractivity contribution in [3.8, 4) is 0 Å². The minimum Gasteiger partial charge on any atom is -0.472 e. The standard InChI is InChI=1S/C13H22N2O2/c1-2-11(5-7-14)3-4-13(16)15-9-12-6-8-17-10-12/h6,8,10-11H,2-5,7,9,14H2,1H3,(H,15,16). The summed E-state index contributed by atoms with van der Waals surface area (Å²) < 4.78 is 4.93. The van der Waals surface area contributed by atoms with Gasteiger partial charge in [0.1, 0.15) is 0 Å². The van der Waals surface area contributed by atoms with Crippen LogP contribution in [-0.2, 0) is 11.3 Å². The summed E-state index contributed by atoms with van der Waals surface area (Å²) in [4.78, 5) is 11.6. The third-order valence-electron chi connectivity index (χ3n) is 3.00. The van der Waals surface area contributed by atoms with Crippen LogP contribution >= 0.6 is 0 Å². The molecule has 1 aromatic rings. The highest BCUT2D eigenvalue weighted by molar-refractivity contribution is 5.75. The first-order chi connectivity index (χ1) is 8.26. The lowest BCUT2D eigenvalue weighted by Gasteiger charge is -2.12. The summed E-state index contributed by atoms with van der Waals surface area (Å²) in [5, 5.41) is 2.88. The molecule has 1 unspecified atom stereocenters. The van der Waals surface area contributed by atoms with E-state index in [-0.39, 0.29) is 5.91 Å². The van der Waals surface area contributed by atoms with E-state index in [9.17, 15) is 4.79 Å². The highest BCUT2D eigenvalue weighted by Gasteiger charge is 2.08. The molecule has 0 spiro atoms. The lowest BCUT2D eigenvalue weighted by Crippen LogP contribution is -2.23. The van der Waals surface area contributed by atoms with Crippen molar-refractivity contribution in [3.05, 3.63) is 24.2 Å². The van der Waals surface area contributed by atoms with Crippen molar-refractivity contribution in [2.24, 2.45) is 11.7 Å². The van der Waals surface area contributed by atoms with Crippen molar-refractivity contribution in [3.63, 3.8) is 0 Å². The minimum atomic E-state index is 0.0988. The van der Waals surface area contributed by atoms with Gasteiger partial charge in [0.25, 0.3) is 0 Å². The summed E-state index contributed by atoms with van der Waals surface area (Å²) in [6.07, 6.45) is 6.85. The first-order valence-electron chi connectivity index (χ1n) is 6.24. The predicted octanol–water partition coefficient (Wildman–Crippen LogP) is 2.05. The Hall–Kier alpha value is -1.29. The Balaban J connectivity index is 2.16. The van der Waals surface area contributed by atoms with E-state index < -0.39 is 0 Å². The quantitative estimate of drug-likeness (QED) is 0.728. The maximum atomic E-state index is 11.6. The first kappa shape index (κ1) is 13.8. The SMILES string of the molecule is CCC(CCN)CCC(=O)NCc1ccoc1. The average molecular weight is 238 g/mol. The van der Waals surface area contributed by atoms with Gasteiger partial charge in [0.15, 0.2) is 0 Å². The Kier molecular flexibility index (Phi) is 6.40. The van der Waals surface area contributed by atoms with E-state index in [1.54, 1.807) is 12.5 Å². The van der Waals surface area contributed by atoms with Crippen molar-refractivity contribution in [1.29, 1.82) is 0 Å². The highest BCUT2D eigenvalue weighted by atomic mass is 16.3. The van der Waals surface area contributed by atoms with E-state index in [1.807, 2.05) is 6.07 Å². The Morgan fingerprint density at radius 1 is 1.53 bits per heavy atom. The molecule has 1 heterocycles. The van der Waals surface area contributed by atoms with Crippen LogP contribution in [-0.4, -0.2) is 12.5 Å². The molecule has 0 aliphatic carbocycles. The second-order valence-electron chi connectivity index (χ2n) is 4.30. The maximum Gasteiger partial charge on any atom is 0.220 e. The van der Waals surface area contributed by atoms with Gasteiger partial charge in [-0.3, -0.25) is 4.79 Å². The molecule has 3 N–H and O–H groups in total. The van der Waals surface area contributed by atoms with Crippen LogP contribution in [0, 0.1) is 5.92 Å². The van der Waals surface area contributed by atoms with Gasteiger partial charge in [-0.2, -0.15) is 0 Å². The summed E-state index contributed by atoms with van der Waals surface area (Å²) in [7, 11) is 0. The molecule has 1 amide bonds. The zero-order valence-electron chi connectivity index (χ0n) is 10.4. The summed E-state index contributed by atoms with van der Waals surface area (Å²) in [5.41, 5.74) is 6.52. The maximum absolute atomic E-state index is 11.6. The number of nitrogens with one attached hydrogen (secondary N) is 1. The fourth-order valence-corrected chi connectivity index (χ4v) is 1.81. The predicted molar refractivity (Wildman–Crippen MR) is 67.2 cm³/mol. The van der Waals surface area contributed by atoms with E-state index >= 15 is 0 Å². The van der Waals surface area contributed by atoms with Crippen molar-refractivity contribution in [2.45, 2.75) is 39.2 Å². The van der Waals surface area contributed by atoms with Gasteiger partial charge in [-0.1, -0.05) is 13.3 Å². The number of hydrogen-bond acceptors (Lipinski definition) is 3. The van der Waals surface area contributed by atoms with Gasteiger partial charge in [0, 0.05) is 18.5 Å². The van der Waals surface area contributed by atoms with Gasteiger partial charge >= 0.3 is 0 Å². The lowest BCUT2D eigenvalue weighted by atomic mass is 9.96. The van der Waals surface area contributed by atoms with E-state index in [4.69, 9.17) is 10.2 Å². The largest absolute Gasteiger partial charge is 0.472 e. The number of rotatable bonds is 8. The second kappa shape index (κ2) is 7.90. The Labute approximate surface area is 103 Å². The topological polar surface area (TPSA) is 68.3 Å². The number of amides is 1. The van der Waals surface area contributed by atoms with E-state index in [1.165, 1.54) is 0 Å². The molecule has 1 rings (SSSR count). The zero-order chi connectivity index (χ0) is 12.5. The monoisotopic (exact) mass is 238 g/mol. The molecule has 0 radical (unpaired) electrons. The molecule has 0 saturated carbocycles. The lowest BCUT2D eigenvalue weighted by molar-refractivity contribution is -0.121. The average Bonchev–Trinajstić information content (AvgIpc) is 2.85. The van der Waals surface area contributed by atoms with Gasteiger partial charge in [-0.05, 0) is 31.4 Å². The zero-order valence-corrected chi connectivity index (χ0v) is 10.4. The molecule has 96 valence electrons. The highest BCUT2D eigenvalue weighted by Crippen LogP contribution is 2.14. The van der Waals surface area contributed by atoms with Crippen molar-refractivity contribution in [1.82, 2.24) is 5.32 Å². The summed E-state index contributed by atoms with van der Waals surface area (Å²) in [6.45, 7) is 3.39. The minimum absolute atomic E-state index is 0.0988. The van der Waals surface area contributed by atoms with Crippen LogP contribution in [0.2, 0.25) is 0 Å². The Morgan fingerprint density at radius 3 is 2.94 bits per heavy atom. The Morgan fingerprint density at radius 2 is 2.35 bits per heavy atom. The van der Waals surface area contributed by atoms with Gasteiger partial charge in [-0.25, -0.2) is 0 Å². The normalized spacial score (nSPS) is 12.4. The summed E-state index contributed by atoms with van der Waals surface area (Å²) >= 11 is 0. The fraction of sp³-hybridized carbons (Fsp3) is 0.615. The van der Waals surface area contributed by atoms with Gasteiger partial charge in [-0.15, -0.1) is 0 Å². The van der Waals surface area contributed by atoms with Gasteiger partial charge in [0.05, 0.1) is 12.5 Å². The van der Waals surface area contributed by atoms with Crippen LogP contribution in [0.4, 0.5) is 0 Å².